The summed E-state index contributed by atoms with van der Waals surface area (Å²) in [5.74, 6) is 2.60. The average molecular weight is 292 g/mol. The van der Waals surface area contributed by atoms with Gasteiger partial charge in [-0.2, -0.15) is 0 Å². The Kier molecular flexibility index (Phi) is 4.38. The van der Waals surface area contributed by atoms with Crippen molar-refractivity contribution in [3.8, 4) is 0 Å². The second-order valence-electron chi connectivity index (χ2n) is 5.80. The fraction of sp³-hybridized carbons (Fsp3) is 0.786. The molecule has 0 spiro atoms. The van der Waals surface area contributed by atoms with Crippen molar-refractivity contribution in [1.82, 2.24) is 19.7 Å². The van der Waals surface area contributed by atoms with Crippen LogP contribution in [0.15, 0.2) is 4.99 Å². The van der Waals surface area contributed by atoms with Crippen molar-refractivity contribution in [2.45, 2.75) is 51.8 Å². The molecule has 3 heterocycles. The van der Waals surface area contributed by atoms with E-state index >= 15 is 0 Å². The van der Waals surface area contributed by atoms with Crippen molar-refractivity contribution < 1.29 is 4.74 Å². The minimum Gasteiger partial charge on any atom is -0.375 e. The maximum Gasteiger partial charge on any atom is 0.191 e. The van der Waals surface area contributed by atoms with Gasteiger partial charge in [0.1, 0.15) is 12.4 Å². The summed E-state index contributed by atoms with van der Waals surface area (Å²) in [6.45, 7) is 5.87. The molecule has 1 saturated heterocycles. The maximum atomic E-state index is 6.10. The number of aromatic nitrogens is 3. The monoisotopic (exact) mass is 292 g/mol. The Balaban J connectivity index is 1.66. The van der Waals surface area contributed by atoms with Gasteiger partial charge in [0, 0.05) is 26.1 Å². The van der Waals surface area contributed by atoms with E-state index in [2.05, 4.69) is 31.6 Å². The van der Waals surface area contributed by atoms with Crippen LogP contribution in [0.4, 0.5) is 0 Å². The molecule has 21 heavy (non-hydrogen) atoms. The molecule has 1 unspecified atom stereocenters. The Morgan fingerprint density at radius 2 is 2.24 bits per heavy atom. The summed E-state index contributed by atoms with van der Waals surface area (Å²) in [6, 6.07) is 0. The van der Waals surface area contributed by atoms with Gasteiger partial charge < -0.3 is 19.9 Å². The number of ether oxygens (including phenoxy) is 1. The molecule has 2 N–H and O–H groups in total. The highest BCUT2D eigenvalue weighted by Crippen LogP contribution is 2.15. The first-order chi connectivity index (χ1) is 10.2. The Bertz CT molecular complexity index is 512. The topological polar surface area (TPSA) is 81.6 Å². The highest BCUT2D eigenvalue weighted by molar-refractivity contribution is 5.78. The van der Waals surface area contributed by atoms with Crippen LogP contribution in [-0.4, -0.2) is 51.4 Å². The molecule has 1 aromatic rings. The zero-order valence-corrected chi connectivity index (χ0v) is 12.7. The molecule has 1 aromatic heterocycles. The van der Waals surface area contributed by atoms with Gasteiger partial charge in [-0.3, -0.25) is 0 Å². The minimum absolute atomic E-state index is 0.205. The lowest BCUT2D eigenvalue weighted by Crippen LogP contribution is -2.47. The number of hydrogen-bond donors (Lipinski definition) is 1. The van der Waals surface area contributed by atoms with Gasteiger partial charge in [-0.05, 0) is 19.8 Å². The largest absolute Gasteiger partial charge is 0.375 e. The molecule has 116 valence electrons. The molecule has 2 aliphatic heterocycles. The van der Waals surface area contributed by atoms with E-state index in [1.165, 1.54) is 19.3 Å². The van der Waals surface area contributed by atoms with E-state index in [0.717, 1.165) is 37.7 Å². The fourth-order valence-corrected chi connectivity index (χ4v) is 2.94. The third kappa shape index (κ3) is 3.34. The number of hydrogen-bond acceptors (Lipinski definition) is 4. The van der Waals surface area contributed by atoms with Crippen LogP contribution in [0.3, 0.4) is 0 Å². The van der Waals surface area contributed by atoms with Gasteiger partial charge in [0.25, 0.3) is 0 Å². The average Bonchev–Trinajstić information content (AvgIpc) is 2.72. The standard InChI is InChI=1S/C14H24N6O/c1-11-10-19(7-8-21-11)14(15)16-9-13-18-17-12-5-3-2-4-6-20(12)13/h11H,2-10H2,1H3,(H2,15,16). The molecular weight excluding hydrogens is 268 g/mol. The van der Waals surface area contributed by atoms with E-state index in [4.69, 9.17) is 10.5 Å². The number of morpholine rings is 1. The first-order valence-corrected chi connectivity index (χ1v) is 7.81. The summed E-state index contributed by atoms with van der Waals surface area (Å²) < 4.78 is 7.73. The molecule has 0 aliphatic carbocycles. The molecule has 1 atom stereocenters. The van der Waals surface area contributed by atoms with Gasteiger partial charge in [0.15, 0.2) is 11.8 Å². The normalized spacial score (nSPS) is 23.8. The Morgan fingerprint density at radius 1 is 1.33 bits per heavy atom. The van der Waals surface area contributed by atoms with Gasteiger partial charge >= 0.3 is 0 Å². The van der Waals surface area contributed by atoms with Crippen LogP contribution in [0.25, 0.3) is 0 Å². The van der Waals surface area contributed by atoms with Crippen LogP contribution in [0.5, 0.6) is 0 Å². The second-order valence-corrected chi connectivity index (χ2v) is 5.80. The first-order valence-electron chi connectivity index (χ1n) is 7.81. The zero-order valence-electron chi connectivity index (χ0n) is 12.7. The summed E-state index contributed by atoms with van der Waals surface area (Å²) in [4.78, 5) is 6.58. The minimum atomic E-state index is 0.205. The molecule has 0 bridgehead atoms. The van der Waals surface area contributed by atoms with Crippen molar-refractivity contribution in [1.29, 1.82) is 0 Å². The van der Waals surface area contributed by atoms with Gasteiger partial charge in [0.2, 0.25) is 0 Å². The van der Waals surface area contributed by atoms with E-state index in [1.807, 2.05) is 0 Å². The van der Waals surface area contributed by atoms with E-state index in [-0.39, 0.29) is 6.10 Å². The van der Waals surface area contributed by atoms with E-state index in [9.17, 15) is 0 Å². The van der Waals surface area contributed by atoms with E-state index < -0.39 is 0 Å². The van der Waals surface area contributed by atoms with Crippen LogP contribution in [0.2, 0.25) is 0 Å². The number of aryl methyl sites for hydroxylation is 1. The first kappa shape index (κ1) is 14.3. The molecule has 7 heteroatoms. The van der Waals surface area contributed by atoms with Crippen LogP contribution < -0.4 is 5.73 Å². The Morgan fingerprint density at radius 3 is 3.10 bits per heavy atom. The lowest BCUT2D eigenvalue weighted by atomic mass is 10.2. The number of nitrogens with zero attached hydrogens (tertiary/aromatic N) is 5. The number of guanidine groups is 1. The summed E-state index contributed by atoms with van der Waals surface area (Å²) in [5, 5.41) is 8.57. The van der Waals surface area contributed by atoms with Crippen LogP contribution in [0.1, 0.15) is 37.8 Å². The molecule has 7 nitrogen and oxygen atoms in total. The zero-order chi connectivity index (χ0) is 14.7. The third-order valence-corrected chi connectivity index (χ3v) is 4.13. The van der Waals surface area contributed by atoms with Crippen LogP contribution >= 0.6 is 0 Å². The van der Waals surface area contributed by atoms with Gasteiger partial charge in [-0.15, -0.1) is 10.2 Å². The van der Waals surface area contributed by atoms with Crippen molar-refractivity contribution in [3.63, 3.8) is 0 Å². The maximum absolute atomic E-state index is 6.10. The van der Waals surface area contributed by atoms with Gasteiger partial charge in [-0.1, -0.05) is 6.42 Å². The van der Waals surface area contributed by atoms with Gasteiger partial charge in [-0.25, -0.2) is 4.99 Å². The summed E-state index contributed by atoms with van der Waals surface area (Å²) in [6.07, 6.45) is 4.89. The molecule has 0 radical (unpaired) electrons. The number of nitrogens with two attached hydrogens (primary N) is 1. The van der Waals surface area contributed by atoms with E-state index in [1.54, 1.807) is 0 Å². The predicted molar refractivity (Wildman–Crippen MR) is 79.9 cm³/mol. The summed E-state index contributed by atoms with van der Waals surface area (Å²) >= 11 is 0. The van der Waals surface area contributed by atoms with Crippen molar-refractivity contribution in [3.05, 3.63) is 11.6 Å². The SMILES string of the molecule is CC1CN(C(N)=NCc2nnc3n2CCCCC3)CCO1. The Hall–Kier alpha value is -1.63. The lowest BCUT2D eigenvalue weighted by molar-refractivity contribution is 0.00528. The van der Waals surface area contributed by atoms with Gasteiger partial charge in [0.05, 0.1) is 12.7 Å². The summed E-state index contributed by atoms with van der Waals surface area (Å²) in [5.41, 5.74) is 6.10. The third-order valence-electron chi connectivity index (χ3n) is 4.13. The van der Waals surface area contributed by atoms with Crippen molar-refractivity contribution >= 4 is 5.96 Å². The van der Waals surface area contributed by atoms with Crippen LogP contribution in [-0.2, 0) is 24.2 Å². The van der Waals surface area contributed by atoms with Crippen molar-refractivity contribution in [2.75, 3.05) is 19.7 Å². The molecule has 2 aliphatic rings. The highest BCUT2D eigenvalue weighted by atomic mass is 16.5. The molecule has 1 fully saturated rings. The number of fused-ring (bicyclic) bond motifs is 1. The number of aliphatic imine (C=N–C) groups is 1. The van der Waals surface area contributed by atoms with Crippen LogP contribution in [0, 0.1) is 0 Å². The fourth-order valence-electron chi connectivity index (χ4n) is 2.94. The molecule has 0 amide bonds. The lowest BCUT2D eigenvalue weighted by Gasteiger charge is -2.31. The molecule has 0 saturated carbocycles. The predicted octanol–water partition coefficient (Wildman–Crippen LogP) is 0.540. The van der Waals surface area contributed by atoms with E-state index in [0.29, 0.717) is 19.1 Å². The Labute approximate surface area is 125 Å². The smallest absolute Gasteiger partial charge is 0.191 e. The number of rotatable bonds is 2. The molecule has 0 aromatic carbocycles. The molecular formula is C14H24N6O. The quantitative estimate of drug-likeness (QED) is 0.635. The summed E-state index contributed by atoms with van der Waals surface area (Å²) in [7, 11) is 0. The molecule has 3 rings (SSSR count). The van der Waals surface area contributed by atoms with Crippen molar-refractivity contribution in [2.24, 2.45) is 10.7 Å². The second kappa shape index (κ2) is 6.43. The highest BCUT2D eigenvalue weighted by Gasteiger charge is 2.19.